The largest absolute Gasteiger partial charge is 0.481 e. The minimum atomic E-state index is -0.836. The van der Waals surface area contributed by atoms with Crippen LogP contribution >= 0.6 is 0 Å². The SMILES string of the molecule is Cc1ccc(C(=O)N2C[C@@H](C(=O)O)[C@H](C3CC3)C2)cc1F. The number of carboxylic acid groups (broad SMARTS) is 1. The highest BCUT2D eigenvalue weighted by Crippen LogP contribution is 2.44. The van der Waals surface area contributed by atoms with Crippen LogP contribution in [0.25, 0.3) is 0 Å². The zero-order chi connectivity index (χ0) is 15.1. The fraction of sp³-hybridized carbons (Fsp3) is 0.500. The summed E-state index contributed by atoms with van der Waals surface area (Å²) in [4.78, 5) is 25.3. The molecule has 4 nitrogen and oxygen atoms in total. The van der Waals surface area contributed by atoms with Crippen LogP contribution in [0.4, 0.5) is 4.39 Å². The first-order valence-corrected chi connectivity index (χ1v) is 7.25. The minimum absolute atomic E-state index is 0.0433. The third kappa shape index (κ3) is 2.64. The fourth-order valence-corrected chi connectivity index (χ4v) is 3.17. The van der Waals surface area contributed by atoms with Crippen molar-refractivity contribution < 1.29 is 19.1 Å². The Hall–Kier alpha value is -1.91. The highest BCUT2D eigenvalue weighted by molar-refractivity contribution is 5.95. The Kier molecular flexibility index (Phi) is 3.43. The molecule has 1 saturated carbocycles. The number of rotatable bonds is 3. The van der Waals surface area contributed by atoms with E-state index in [2.05, 4.69) is 0 Å². The van der Waals surface area contributed by atoms with Crippen LogP contribution in [-0.4, -0.2) is 35.0 Å². The lowest BCUT2D eigenvalue weighted by Gasteiger charge is -2.16. The first-order valence-electron chi connectivity index (χ1n) is 7.25. The average Bonchev–Trinajstić information content (AvgIpc) is 3.19. The molecule has 2 atom stereocenters. The quantitative estimate of drug-likeness (QED) is 0.929. The number of nitrogens with zero attached hydrogens (tertiary/aromatic N) is 1. The van der Waals surface area contributed by atoms with Crippen LogP contribution in [0.2, 0.25) is 0 Å². The molecular weight excluding hydrogens is 273 g/mol. The number of hydrogen-bond acceptors (Lipinski definition) is 2. The summed E-state index contributed by atoms with van der Waals surface area (Å²) in [5, 5.41) is 9.31. The van der Waals surface area contributed by atoms with Crippen LogP contribution in [-0.2, 0) is 4.79 Å². The van der Waals surface area contributed by atoms with Crippen LogP contribution in [0.3, 0.4) is 0 Å². The van der Waals surface area contributed by atoms with Gasteiger partial charge >= 0.3 is 5.97 Å². The van der Waals surface area contributed by atoms with E-state index in [1.54, 1.807) is 24.0 Å². The van der Waals surface area contributed by atoms with E-state index in [4.69, 9.17) is 0 Å². The number of carbonyl (C=O) groups is 2. The lowest BCUT2D eigenvalue weighted by atomic mass is 9.92. The lowest BCUT2D eigenvalue weighted by molar-refractivity contribution is -0.142. The molecule has 3 rings (SSSR count). The monoisotopic (exact) mass is 291 g/mol. The average molecular weight is 291 g/mol. The highest BCUT2D eigenvalue weighted by atomic mass is 19.1. The smallest absolute Gasteiger partial charge is 0.308 e. The van der Waals surface area contributed by atoms with Gasteiger partial charge in [0.2, 0.25) is 0 Å². The molecule has 1 aromatic rings. The molecule has 0 spiro atoms. The van der Waals surface area contributed by atoms with E-state index in [-0.39, 0.29) is 18.4 Å². The van der Waals surface area contributed by atoms with Gasteiger partial charge in [-0.25, -0.2) is 4.39 Å². The first kappa shape index (κ1) is 14.0. The van der Waals surface area contributed by atoms with Crippen molar-refractivity contribution in [3.63, 3.8) is 0 Å². The van der Waals surface area contributed by atoms with Crippen LogP contribution in [0.1, 0.15) is 28.8 Å². The molecule has 5 heteroatoms. The van der Waals surface area contributed by atoms with E-state index in [1.165, 1.54) is 6.07 Å². The number of halogens is 1. The van der Waals surface area contributed by atoms with Crippen molar-refractivity contribution in [3.05, 3.63) is 35.1 Å². The highest BCUT2D eigenvalue weighted by Gasteiger charge is 2.46. The van der Waals surface area contributed by atoms with Gasteiger partial charge in [-0.15, -0.1) is 0 Å². The van der Waals surface area contributed by atoms with Crippen LogP contribution in [0.5, 0.6) is 0 Å². The summed E-state index contributed by atoms with van der Waals surface area (Å²) >= 11 is 0. The normalized spacial score (nSPS) is 25.1. The number of aryl methyl sites for hydroxylation is 1. The predicted octanol–water partition coefficient (Wildman–Crippen LogP) is 2.32. The van der Waals surface area contributed by atoms with Gasteiger partial charge in [-0.1, -0.05) is 6.07 Å². The molecule has 21 heavy (non-hydrogen) atoms. The molecule has 1 aromatic carbocycles. The van der Waals surface area contributed by atoms with E-state index in [1.807, 2.05) is 0 Å². The second-order valence-corrected chi connectivity index (χ2v) is 6.12. The second kappa shape index (κ2) is 5.13. The molecule has 1 aliphatic heterocycles. The maximum atomic E-state index is 13.6. The number of carbonyl (C=O) groups excluding carboxylic acids is 1. The number of hydrogen-bond donors (Lipinski definition) is 1. The molecule has 1 saturated heterocycles. The molecule has 112 valence electrons. The Morgan fingerprint density at radius 1 is 1.29 bits per heavy atom. The Balaban J connectivity index is 1.78. The molecule has 1 amide bonds. The zero-order valence-electron chi connectivity index (χ0n) is 11.9. The summed E-state index contributed by atoms with van der Waals surface area (Å²) in [6.45, 7) is 2.34. The summed E-state index contributed by atoms with van der Waals surface area (Å²) in [5.74, 6) is -1.54. The van der Waals surface area contributed by atoms with Gasteiger partial charge in [0.15, 0.2) is 0 Å². The second-order valence-electron chi connectivity index (χ2n) is 6.12. The molecule has 1 aliphatic carbocycles. The van der Waals surface area contributed by atoms with Crippen LogP contribution in [0, 0.1) is 30.5 Å². The Labute approximate surface area is 122 Å². The van der Waals surface area contributed by atoms with Crippen molar-refractivity contribution in [1.29, 1.82) is 0 Å². The standard InChI is InChI=1S/C16H18FNO3/c1-9-2-3-11(6-14(9)17)15(19)18-7-12(10-4-5-10)13(8-18)16(20)21/h2-3,6,10,12-13H,4-5,7-8H2,1H3,(H,20,21)/t12-,13+/m0/s1. The van der Waals surface area contributed by atoms with Gasteiger partial charge in [-0.3, -0.25) is 9.59 Å². The van der Waals surface area contributed by atoms with Crippen molar-refractivity contribution in [2.75, 3.05) is 13.1 Å². The lowest BCUT2D eigenvalue weighted by Crippen LogP contribution is -2.30. The van der Waals surface area contributed by atoms with Crippen molar-refractivity contribution in [2.45, 2.75) is 19.8 Å². The van der Waals surface area contributed by atoms with Crippen LogP contribution < -0.4 is 0 Å². The molecule has 2 fully saturated rings. The fourth-order valence-electron chi connectivity index (χ4n) is 3.17. The summed E-state index contributed by atoms with van der Waals surface area (Å²) < 4.78 is 13.6. The molecule has 0 bridgehead atoms. The molecule has 2 aliphatic rings. The third-order valence-corrected chi connectivity index (χ3v) is 4.62. The summed E-state index contributed by atoms with van der Waals surface area (Å²) in [6, 6.07) is 4.41. The molecule has 0 unspecified atom stereocenters. The maximum Gasteiger partial charge on any atom is 0.308 e. The van der Waals surface area contributed by atoms with Gasteiger partial charge in [0.1, 0.15) is 5.82 Å². The van der Waals surface area contributed by atoms with Gasteiger partial charge in [0, 0.05) is 18.7 Å². The van der Waals surface area contributed by atoms with E-state index >= 15 is 0 Å². The number of amides is 1. The van der Waals surface area contributed by atoms with E-state index in [9.17, 15) is 19.1 Å². The van der Waals surface area contributed by atoms with E-state index in [0.29, 0.717) is 23.6 Å². The van der Waals surface area contributed by atoms with E-state index < -0.39 is 17.7 Å². The minimum Gasteiger partial charge on any atom is -0.481 e. The summed E-state index contributed by atoms with van der Waals surface area (Å²) in [6.07, 6.45) is 2.10. The maximum absolute atomic E-state index is 13.6. The Morgan fingerprint density at radius 2 is 2.00 bits per heavy atom. The molecule has 0 aromatic heterocycles. The zero-order valence-corrected chi connectivity index (χ0v) is 11.9. The van der Waals surface area contributed by atoms with Gasteiger partial charge in [0.25, 0.3) is 5.91 Å². The summed E-state index contributed by atoms with van der Waals surface area (Å²) in [7, 11) is 0. The Morgan fingerprint density at radius 3 is 2.57 bits per heavy atom. The molecule has 0 radical (unpaired) electrons. The number of carboxylic acids is 1. The van der Waals surface area contributed by atoms with Crippen LogP contribution in [0.15, 0.2) is 18.2 Å². The topological polar surface area (TPSA) is 57.6 Å². The van der Waals surface area contributed by atoms with Crippen molar-refractivity contribution in [1.82, 2.24) is 4.90 Å². The van der Waals surface area contributed by atoms with Crippen molar-refractivity contribution >= 4 is 11.9 Å². The first-order chi connectivity index (χ1) is 9.97. The van der Waals surface area contributed by atoms with Crippen molar-refractivity contribution in [3.8, 4) is 0 Å². The molecule has 1 N–H and O–H groups in total. The van der Waals surface area contributed by atoms with Gasteiger partial charge in [-0.05, 0) is 49.3 Å². The molecule has 1 heterocycles. The van der Waals surface area contributed by atoms with Crippen molar-refractivity contribution in [2.24, 2.45) is 17.8 Å². The van der Waals surface area contributed by atoms with E-state index in [0.717, 1.165) is 12.8 Å². The number of aliphatic carboxylic acids is 1. The van der Waals surface area contributed by atoms with Gasteiger partial charge in [-0.2, -0.15) is 0 Å². The number of likely N-dealkylation sites (tertiary alicyclic amines) is 1. The third-order valence-electron chi connectivity index (χ3n) is 4.62. The van der Waals surface area contributed by atoms with Gasteiger partial charge < -0.3 is 10.0 Å². The predicted molar refractivity (Wildman–Crippen MR) is 74.4 cm³/mol. The number of benzene rings is 1. The Bertz CT molecular complexity index is 597. The summed E-state index contributed by atoms with van der Waals surface area (Å²) in [5.41, 5.74) is 0.783. The molecular formula is C16H18FNO3. The van der Waals surface area contributed by atoms with Gasteiger partial charge in [0.05, 0.1) is 5.92 Å².